The molecule has 1 amide bonds. The van der Waals surface area contributed by atoms with Crippen molar-refractivity contribution in [2.24, 2.45) is 7.05 Å². The maximum absolute atomic E-state index is 11.7. The average molecular weight is 309 g/mol. The first-order valence-corrected chi connectivity index (χ1v) is 6.82. The van der Waals surface area contributed by atoms with Gasteiger partial charge in [0.15, 0.2) is 5.65 Å². The highest BCUT2D eigenvalue weighted by molar-refractivity contribution is 5.69. The van der Waals surface area contributed by atoms with Gasteiger partial charge in [0, 0.05) is 20.0 Å². The van der Waals surface area contributed by atoms with Crippen LogP contribution in [0.4, 0.5) is 4.79 Å². The number of fused-ring (bicyclic) bond motifs is 1. The number of nitrogens with one attached hydrogen (secondary N) is 3. The molecule has 0 bridgehead atoms. The predicted octanol–water partition coefficient (Wildman–Crippen LogP) is 0.0171. The molecule has 0 aliphatic heterocycles. The van der Waals surface area contributed by atoms with Gasteiger partial charge in [-0.3, -0.25) is 14.3 Å². The fourth-order valence-corrected chi connectivity index (χ4v) is 1.87. The van der Waals surface area contributed by atoms with Crippen LogP contribution in [-0.4, -0.2) is 37.8 Å². The molecule has 120 valence electrons. The van der Waals surface area contributed by atoms with Crippen LogP contribution < -0.4 is 16.6 Å². The number of aryl methyl sites for hydroxylation is 1. The number of imidazole rings is 1. The molecular formula is C13H19N5O4. The lowest BCUT2D eigenvalue weighted by atomic mass is 10.2. The third kappa shape index (κ3) is 3.54. The molecule has 0 saturated heterocycles. The number of hydrogen-bond acceptors (Lipinski definition) is 5. The van der Waals surface area contributed by atoms with E-state index in [0.717, 1.165) is 0 Å². The molecule has 2 rings (SSSR count). The van der Waals surface area contributed by atoms with Crippen LogP contribution in [0.2, 0.25) is 0 Å². The van der Waals surface area contributed by atoms with Crippen molar-refractivity contribution >= 4 is 17.3 Å². The van der Waals surface area contributed by atoms with Crippen molar-refractivity contribution in [3.8, 4) is 0 Å². The van der Waals surface area contributed by atoms with E-state index in [9.17, 15) is 14.4 Å². The summed E-state index contributed by atoms with van der Waals surface area (Å²) in [5, 5.41) is 2.60. The van der Waals surface area contributed by atoms with E-state index in [1.54, 1.807) is 20.8 Å². The predicted molar refractivity (Wildman–Crippen MR) is 79.9 cm³/mol. The summed E-state index contributed by atoms with van der Waals surface area (Å²) in [6, 6.07) is 0. The van der Waals surface area contributed by atoms with Crippen molar-refractivity contribution in [2.75, 3.05) is 6.54 Å². The molecule has 0 saturated carbocycles. The van der Waals surface area contributed by atoms with Crippen LogP contribution in [0.3, 0.4) is 0 Å². The quantitative estimate of drug-likeness (QED) is 0.737. The molecule has 0 unspecified atom stereocenters. The van der Waals surface area contributed by atoms with Gasteiger partial charge in [-0.2, -0.15) is 0 Å². The van der Waals surface area contributed by atoms with E-state index in [4.69, 9.17) is 4.74 Å². The van der Waals surface area contributed by atoms with Gasteiger partial charge in [0.2, 0.25) is 0 Å². The number of carbonyl (C=O) groups is 1. The summed E-state index contributed by atoms with van der Waals surface area (Å²) in [4.78, 5) is 43.9. The highest BCUT2D eigenvalue weighted by Gasteiger charge is 2.16. The van der Waals surface area contributed by atoms with E-state index in [2.05, 4.69) is 20.3 Å². The Morgan fingerprint density at radius 3 is 2.64 bits per heavy atom. The van der Waals surface area contributed by atoms with Crippen LogP contribution in [0.1, 0.15) is 26.6 Å². The second-order valence-corrected chi connectivity index (χ2v) is 5.88. The molecule has 9 nitrogen and oxygen atoms in total. The van der Waals surface area contributed by atoms with Gasteiger partial charge in [-0.1, -0.05) is 0 Å². The van der Waals surface area contributed by atoms with E-state index >= 15 is 0 Å². The van der Waals surface area contributed by atoms with Gasteiger partial charge in [-0.15, -0.1) is 0 Å². The summed E-state index contributed by atoms with van der Waals surface area (Å²) in [7, 11) is 1.52. The van der Waals surface area contributed by atoms with Gasteiger partial charge in [0.25, 0.3) is 5.56 Å². The van der Waals surface area contributed by atoms with Gasteiger partial charge in [-0.25, -0.2) is 14.6 Å². The van der Waals surface area contributed by atoms with Crippen molar-refractivity contribution in [3.63, 3.8) is 0 Å². The molecule has 2 aromatic heterocycles. The number of H-pyrrole nitrogens is 2. The fourth-order valence-electron chi connectivity index (χ4n) is 1.87. The zero-order valence-corrected chi connectivity index (χ0v) is 12.9. The lowest BCUT2D eigenvalue weighted by molar-refractivity contribution is 0.0528. The summed E-state index contributed by atoms with van der Waals surface area (Å²) in [6.45, 7) is 5.62. The van der Waals surface area contributed by atoms with Gasteiger partial charge in [-0.05, 0) is 20.8 Å². The van der Waals surface area contributed by atoms with Crippen LogP contribution in [0, 0.1) is 0 Å². The molecule has 2 aromatic rings. The zero-order valence-electron chi connectivity index (χ0n) is 12.9. The van der Waals surface area contributed by atoms with Crippen LogP contribution in [0.25, 0.3) is 11.2 Å². The highest BCUT2D eigenvalue weighted by Crippen LogP contribution is 2.07. The Kier molecular flexibility index (Phi) is 4.07. The van der Waals surface area contributed by atoms with E-state index < -0.39 is 22.9 Å². The first-order valence-electron chi connectivity index (χ1n) is 6.82. The number of amides is 1. The summed E-state index contributed by atoms with van der Waals surface area (Å²) in [6.07, 6.45) is -0.143. The minimum Gasteiger partial charge on any atom is -0.444 e. The van der Waals surface area contributed by atoms with E-state index in [1.807, 2.05) is 0 Å². The largest absolute Gasteiger partial charge is 0.444 e. The first kappa shape index (κ1) is 15.8. The van der Waals surface area contributed by atoms with Gasteiger partial charge >= 0.3 is 11.8 Å². The number of aromatic amines is 2. The van der Waals surface area contributed by atoms with Crippen LogP contribution in [-0.2, 0) is 18.2 Å². The Morgan fingerprint density at radius 2 is 2.00 bits per heavy atom. The molecule has 0 aliphatic carbocycles. The Balaban J connectivity index is 2.06. The zero-order chi connectivity index (χ0) is 16.5. The Morgan fingerprint density at radius 1 is 1.32 bits per heavy atom. The topological polar surface area (TPSA) is 122 Å². The van der Waals surface area contributed by atoms with Crippen LogP contribution in [0.15, 0.2) is 9.59 Å². The minimum absolute atomic E-state index is 0.231. The number of nitrogens with zero attached hydrogens (tertiary/aromatic N) is 2. The fraction of sp³-hybridized carbons (Fsp3) is 0.538. The van der Waals surface area contributed by atoms with Crippen molar-refractivity contribution in [1.82, 2.24) is 24.8 Å². The van der Waals surface area contributed by atoms with Gasteiger partial charge in [0.05, 0.1) is 0 Å². The Hall–Kier alpha value is -2.58. The summed E-state index contributed by atoms with van der Waals surface area (Å²) in [5.74, 6) is 0.498. The minimum atomic E-state index is -0.560. The molecule has 3 N–H and O–H groups in total. The number of carbonyl (C=O) groups excluding carboxylic acids is 1. The molecule has 0 atom stereocenters. The molecule has 0 fully saturated rings. The standard InChI is InChI=1S/C13H19N5O4/c1-13(2,3)22-12(21)14-6-5-7-15-8-9(16-7)18(4)11(20)17-10(8)19/h5-6H2,1-4H3,(H,14,21)(H,15,16)(H,17,19,20). The SMILES string of the molecule is Cn1c(=O)[nH]c(=O)c2[nH]c(CCNC(=O)OC(C)(C)C)nc21. The van der Waals surface area contributed by atoms with Crippen molar-refractivity contribution < 1.29 is 9.53 Å². The number of hydrogen-bond donors (Lipinski definition) is 3. The third-order valence-electron chi connectivity index (χ3n) is 2.83. The number of aromatic nitrogens is 4. The summed E-state index contributed by atoms with van der Waals surface area (Å²) < 4.78 is 6.36. The lowest BCUT2D eigenvalue weighted by Gasteiger charge is -2.19. The number of alkyl carbamates (subject to hydrolysis) is 1. The normalized spacial score (nSPS) is 11.6. The Bertz CT molecular complexity index is 808. The molecule has 0 aliphatic rings. The van der Waals surface area contributed by atoms with Crippen molar-refractivity contribution in [1.29, 1.82) is 0 Å². The molecule has 9 heteroatoms. The monoisotopic (exact) mass is 309 g/mol. The van der Waals surface area contributed by atoms with Crippen molar-refractivity contribution in [3.05, 3.63) is 26.7 Å². The number of ether oxygens (including phenoxy) is 1. The summed E-state index contributed by atoms with van der Waals surface area (Å²) in [5.41, 5.74) is -1.09. The lowest BCUT2D eigenvalue weighted by Crippen LogP contribution is -2.33. The van der Waals surface area contributed by atoms with E-state index in [-0.39, 0.29) is 11.2 Å². The maximum Gasteiger partial charge on any atom is 0.407 e. The molecule has 22 heavy (non-hydrogen) atoms. The first-order chi connectivity index (χ1) is 10.2. The molecule has 0 aromatic carbocycles. The Labute approximate surface area is 125 Å². The van der Waals surface area contributed by atoms with E-state index in [1.165, 1.54) is 11.6 Å². The second-order valence-electron chi connectivity index (χ2n) is 5.88. The molecule has 2 heterocycles. The third-order valence-corrected chi connectivity index (χ3v) is 2.83. The molecular weight excluding hydrogens is 290 g/mol. The molecule has 0 spiro atoms. The van der Waals surface area contributed by atoms with Crippen LogP contribution in [0.5, 0.6) is 0 Å². The van der Waals surface area contributed by atoms with E-state index in [0.29, 0.717) is 18.8 Å². The maximum atomic E-state index is 11.7. The molecule has 0 radical (unpaired) electrons. The average Bonchev–Trinajstić information content (AvgIpc) is 2.79. The summed E-state index contributed by atoms with van der Waals surface area (Å²) >= 11 is 0. The highest BCUT2D eigenvalue weighted by atomic mass is 16.6. The van der Waals surface area contributed by atoms with Crippen molar-refractivity contribution in [2.45, 2.75) is 32.8 Å². The van der Waals surface area contributed by atoms with Gasteiger partial charge < -0.3 is 15.0 Å². The van der Waals surface area contributed by atoms with Gasteiger partial charge in [0.1, 0.15) is 16.9 Å². The number of rotatable bonds is 3. The smallest absolute Gasteiger partial charge is 0.407 e. The second kappa shape index (κ2) is 5.66. The van der Waals surface area contributed by atoms with Crippen LogP contribution >= 0.6 is 0 Å².